The lowest BCUT2D eigenvalue weighted by Gasteiger charge is -2.33. The molecule has 0 radical (unpaired) electrons. The number of rotatable bonds is 2. The van der Waals surface area contributed by atoms with Crippen molar-refractivity contribution in [3.63, 3.8) is 0 Å². The molecule has 162 valence electrons. The van der Waals surface area contributed by atoms with Gasteiger partial charge in [0.25, 0.3) is 5.91 Å². The van der Waals surface area contributed by atoms with Crippen LogP contribution in [-0.2, 0) is 0 Å². The zero-order chi connectivity index (χ0) is 21.5. The number of nitrogens with zero attached hydrogens (tertiary/aromatic N) is 3. The number of hydrogen-bond acceptors (Lipinski definition) is 3. The minimum Gasteiger partial charge on any atom is -0.362 e. The molecule has 1 N–H and O–H groups in total. The molecular formula is C20H21Cl2F3N4O. The van der Waals surface area contributed by atoms with E-state index in [4.69, 9.17) is 23.2 Å². The summed E-state index contributed by atoms with van der Waals surface area (Å²) in [5, 5.41) is 7.51. The second-order valence-corrected chi connectivity index (χ2v) is 8.52. The predicted molar refractivity (Wildman–Crippen MR) is 109 cm³/mol. The van der Waals surface area contributed by atoms with E-state index in [2.05, 4.69) is 10.4 Å². The number of halogens is 5. The summed E-state index contributed by atoms with van der Waals surface area (Å²) in [5.74, 6) is -0.405. The molecule has 1 aromatic heterocycles. The summed E-state index contributed by atoms with van der Waals surface area (Å²) < 4.78 is 42.4. The van der Waals surface area contributed by atoms with E-state index in [9.17, 15) is 18.0 Å². The molecule has 1 amide bonds. The summed E-state index contributed by atoms with van der Waals surface area (Å²) in [4.78, 5) is 14.6. The van der Waals surface area contributed by atoms with Crippen LogP contribution in [0.2, 0.25) is 10.0 Å². The Morgan fingerprint density at radius 2 is 1.70 bits per heavy atom. The SMILES string of the molecule is O=C(c1nn2c(c1Cl)N[C@@H](c1ccc(Cl)cc1)C[C@@H]2C(F)(F)F)N1CCCCCC1. The Balaban J connectivity index is 1.70. The van der Waals surface area contributed by atoms with E-state index in [1.807, 2.05) is 0 Å². The molecule has 0 saturated carbocycles. The molecule has 2 aromatic rings. The largest absolute Gasteiger partial charge is 0.410 e. The van der Waals surface area contributed by atoms with Gasteiger partial charge < -0.3 is 10.2 Å². The van der Waals surface area contributed by atoms with Gasteiger partial charge in [0, 0.05) is 24.5 Å². The molecule has 5 nitrogen and oxygen atoms in total. The van der Waals surface area contributed by atoms with Gasteiger partial charge in [-0.15, -0.1) is 0 Å². The predicted octanol–water partition coefficient (Wildman–Crippen LogP) is 5.87. The maximum absolute atomic E-state index is 13.9. The normalized spacial score (nSPS) is 22.2. The number of likely N-dealkylation sites (tertiary alicyclic amines) is 1. The van der Waals surface area contributed by atoms with Gasteiger partial charge in [-0.2, -0.15) is 18.3 Å². The van der Waals surface area contributed by atoms with E-state index in [1.54, 1.807) is 29.2 Å². The van der Waals surface area contributed by atoms with Gasteiger partial charge in [0.1, 0.15) is 10.8 Å². The van der Waals surface area contributed by atoms with E-state index in [0.29, 0.717) is 23.7 Å². The minimum atomic E-state index is -4.54. The molecule has 3 heterocycles. The van der Waals surface area contributed by atoms with Crippen LogP contribution in [-0.4, -0.2) is 39.9 Å². The van der Waals surface area contributed by atoms with E-state index in [-0.39, 0.29) is 23.0 Å². The first-order valence-electron chi connectivity index (χ1n) is 9.91. The molecular weight excluding hydrogens is 440 g/mol. The van der Waals surface area contributed by atoms with E-state index in [1.165, 1.54) is 0 Å². The first-order chi connectivity index (χ1) is 14.3. The molecule has 0 bridgehead atoms. The van der Waals surface area contributed by atoms with Crippen LogP contribution in [0.25, 0.3) is 0 Å². The number of carbonyl (C=O) groups is 1. The van der Waals surface area contributed by atoms with Crippen LogP contribution in [0.15, 0.2) is 24.3 Å². The third kappa shape index (κ3) is 4.12. The van der Waals surface area contributed by atoms with Crippen LogP contribution in [0.4, 0.5) is 19.0 Å². The molecule has 30 heavy (non-hydrogen) atoms. The number of fused-ring (bicyclic) bond motifs is 1. The fraction of sp³-hybridized carbons (Fsp3) is 0.500. The monoisotopic (exact) mass is 460 g/mol. The van der Waals surface area contributed by atoms with Gasteiger partial charge in [-0.1, -0.05) is 48.2 Å². The number of carbonyl (C=O) groups excluding carboxylic acids is 1. The molecule has 4 rings (SSSR count). The van der Waals surface area contributed by atoms with Gasteiger partial charge in [0.2, 0.25) is 0 Å². The molecule has 0 spiro atoms. The molecule has 1 saturated heterocycles. The van der Waals surface area contributed by atoms with Crippen LogP contribution < -0.4 is 5.32 Å². The zero-order valence-corrected chi connectivity index (χ0v) is 17.6. The summed E-state index contributed by atoms with van der Waals surface area (Å²) in [5.41, 5.74) is 0.518. The van der Waals surface area contributed by atoms with Crippen LogP contribution in [0, 0.1) is 0 Å². The van der Waals surface area contributed by atoms with Crippen molar-refractivity contribution in [2.24, 2.45) is 0 Å². The minimum absolute atomic E-state index is 0.0170. The standard InChI is InChI=1S/C20H21Cl2F3N4O/c21-13-7-5-12(6-8-13)14-11-15(20(23,24)25)29-18(26-14)16(22)17(27-29)19(30)28-9-3-1-2-4-10-28/h5-8,14-15,26H,1-4,9-11H2/t14-,15-/m1/s1. The van der Waals surface area contributed by atoms with Crippen molar-refractivity contribution in [1.82, 2.24) is 14.7 Å². The smallest absolute Gasteiger partial charge is 0.362 e. The molecule has 2 atom stereocenters. The second-order valence-electron chi connectivity index (χ2n) is 7.70. The molecule has 1 fully saturated rings. The average Bonchev–Trinajstić information content (AvgIpc) is 2.88. The highest BCUT2D eigenvalue weighted by Crippen LogP contribution is 2.46. The van der Waals surface area contributed by atoms with Gasteiger partial charge >= 0.3 is 6.18 Å². The van der Waals surface area contributed by atoms with Crippen molar-refractivity contribution in [3.05, 3.63) is 45.6 Å². The van der Waals surface area contributed by atoms with Gasteiger partial charge in [0.05, 0.1) is 6.04 Å². The Labute approximate surface area is 182 Å². The lowest BCUT2D eigenvalue weighted by molar-refractivity contribution is -0.173. The fourth-order valence-corrected chi connectivity index (χ4v) is 4.45. The third-order valence-electron chi connectivity index (χ3n) is 5.66. The molecule has 1 aromatic carbocycles. The first kappa shape index (κ1) is 21.3. The summed E-state index contributed by atoms with van der Waals surface area (Å²) in [6, 6.07) is 4.08. The van der Waals surface area contributed by atoms with Crippen molar-refractivity contribution in [2.75, 3.05) is 18.4 Å². The number of nitrogens with one attached hydrogen (secondary N) is 1. The summed E-state index contributed by atoms with van der Waals surface area (Å²) in [6.45, 7) is 1.11. The number of aromatic nitrogens is 2. The van der Waals surface area contributed by atoms with Crippen molar-refractivity contribution in [3.8, 4) is 0 Å². The van der Waals surface area contributed by atoms with E-state index < -0.39 is 24.2 Å². The van der Waals surface area contributed by atoms with Gasteiger partial charge in [-0.05, 0) is 30.5 Å². The number of amides is 1. The Morgan fingerprint density at radius 3 is 2.30 bits per heavy atom. The van der Waals surface area contributed by atoms with Crippen LogP contribution >= 0.6 is 23.2 Å². The summed E-state index contributed by atoms with van der Waals surface area (Å²) in [7, 11) is 0. The van der Waals surface area contributed by atoms with Gasteiger partial charge in [0.15, 0.2) is 11.7 Å². The van der Waals surface area contributed by atoms with Crippen LogP contribution in [0.5, 0.6) is 0 Å². The van der Waals surface area contributed by atoms with Crippen molar-refractivity contribution < 1.29 is 18.0 Å². The highest BCUT2D eigenvalue weighted by molar-refractivity contribution is 6.36. The fourth-order valence-electron chi connectivity index (χ4n) is 4.06. The molecule has 0 unspecified atom stereocenters. The Morgan fingerprint density at radius 1 is 1.07 bits per heavy atom. The molecule has 0 aliphatic carbocycles. The van der Waals surface area contributed by atoms with E-state index in [0.717, 1.165) is 30.4 Å². The quantitative estimate of drug-likeness (QED) is 0.609. The Kier molecular flexibility index (Phi) is 5.90. The number of anilines is 1. The summed E-state index contributed by atoms with van der Waals surface area (Å²) in [6.07, 6.45) is -1.04. The second kappa shape index (κ2) is 8.30. The highest BCUT2D eigenvalue weighted by Gasteiger charge is 2.48. The average molecular weight is 461 g/mol. The third-order valence-corrected chi connectivity index (χ3v) is 6.27. The van der Waals surface area contributed by atoms with Crippen LogP contribution in [0.1, 0.15) is 60.2 Å². The zero-order valence-electron chi connectivity index (χ0n) is 16.1. The van der Waals surface area contributed by atoms with Crippen molar-refractivity contribution >= 4 is 34.9 Å². The lowest BCUT2D eigenvalue weighted by atomic mass is 9.97. The molecule has 2 aliphatic rings. The number of hydrogen-bond donors (Lipinski definition) is 1. The van der Waals surface area contributed by atoms with Crippen LogP contribution in [0.3, 0.4) is 0 Å². The van der Waals surface area contributed by atoms with Crippen molar-refractivity contribution in [2.45, 2.75) is 50.4 Å². The Hall–Kier alpha value is -1.93. The molecule has 2 aliphatic heterocycles. The topological polar surface area (TPSA) is 50.2 Å². The number of benzene rings is 1. The highest BCUT2D eigenvalue weighted by atomic mass is 35.5. The van der Waals surface area contributed by atoms with Gasteiger partial charge in [-0.3, -0.25) is 4.79 Å². The lowest BCUT2D eigenvalue weighted by Crippen LogP contribution is -2.36. The first-order valence-corrected chi connectivity index (χ1v) is 10.7. The van der Waals surface area contributed by atoms with Crippen molar-refractivity contribution in [1.29, 1.82) is 0 Å². The van der Waals surface area contributed by atoms with E-state index >= 15 is 0 Å². The molecule has 10 heteroatoms. The maximum Gasteiger partial charge on any atom is 0.410 e. The summed E-state index contributed by atoms with van der Waals surface area (Å²) >= 11 is 12.3. The maximum atomic E-state index is 13.9. The number of alkyl halides is 3. The van der Waals surface area contributed by atoms with Gasteiger partial charge in [-0.25, -0.2) is 4.68 Å². The Bertz CT molecular complexity index is 921.